The Bertz CT molecular complexity index is 1050. The number of amides is 1. The first-order chi connectivity index (χ1) is 13.5. The van der Waals surface area contributed by atoms with Crippen LogP contribution in [0.4, 0.5) is 0 Å². The molecule has 0 saturated carbocycles. The molecule has 148 valence electrons. The molecule has 3 aromatic heterocycles. The summed E-state index contributed by atoms with van der Waals surface area (Å²) in [5.74, 6) is 1.15. The molecule has 1 amide bonds. The first kappa shape index (κ1) is 18.4. The standard InChI is InChI=1S/C19H25N7O2/c1-13(2)6-11-26-19(28)24-10-7-14(4-5-16(24)23-26)22-18(27)15-12-21-25-9-3-8-20-17(15)25/h3,8-9,12-14H,4-7,10-11H2,1-2H3,(H,22,27). The zero-order valence-corrected chi connectivity index (χ0v) is 16.2. The van der Waals surface area contributed by atoms with Gasteiger partial charge in [-0.25, -0.2) is 19.0 Å². The number of nitrogens with one attached hydrogen (secondary N) is 1. The topological polar surface area (TPSA) is 99.1 Å². The zero-order valence-electron chi connectivity index (χ0n) is 16.2. The van der Waals surface area contributed by atoms with Gasteiger partial charge >= 0.3 is 5.69 Å². The van der Waals surface area contributed by atoms with Crippen molar-refractivity contribution in [3.63, 3.8) is 0 Å². The number of fused-ring (bicyclic) bond motifs is 2. The number of aryl methyl sites for hydroxylation is 2. The Morgan fingerprint density at radius 2 is 2.21 bits per heavy atom. The predicted molar refractivity (Wildman–Crippen MR) is 103 cm³/mol. The summed E-state index contributed by atoms with van der Waals surface area (Å²) in [6.45, 7) is 5.49. The molecular weight excluding hydrogens is 358 g/mol. The molecule has 28 heavy (non-hydrogen) atoms. The molecule has 1 atom stereocenters. The Morgan fingerprint density at radius 1 is 1.36 bits per heavy atom. The molecule has 1 N–H and O–H groups in total. The van der Waals surface area contributed by atoms with Gasteiger partial charge in [-0.3, -0.25) is 9.36 Å². The van der Waals surface area contributed by atoms with Crippen LogP contribution >= 0.6 is 0 Å². The van der Waals surface area contributed by atoms with Crippen molar-refractivity contribution in [2.75, 3.05) is 0 Å². The lowest BCUT2D eigenvalue weighted by Gasteiger charge is -2.15. The van der Waals surface area contributed by atoms with E-state index in [0.717, 1.165) is 18.7 Å². The third-order valence-electron chi connectivity index (χ3n) is 5.19. The van der Waals surface area contributed by atoms with Crippen molar-refractivity contribution < 1.29 is 4.79 Å². The van der Waals surface area contributed by atoms with E-state index in [0.29, 0.717) is 43.1 Å². The van der Waals surface area contributed by atoms with Gasteiger partial charge < -0.3 is 5.32 Å². The van der Waals surface area contributed by atoms with Crippen LogP contribution in [-0.4, -0.2) is 40.9 Å². The van der Waals surface area contributed by atoms with Crippen molar-refractivity contribution in [3.8, 4) is 0 Å². The molecule has 4 heterocycles. The number of carbonyl (C=O) groups is 1. The van der Waals surface area contributed by atoms with Gasteiger partial charge in [0.1, 0.15) is 11.4 Å². The maximum atomic E-state index is 12.7. The third kappa shape index (κ3) is 3.56. The molecule has 0 aliphatic carbocycles. The zero-order chi connectivity index (χ0) is 19.7. The monoisotopic (exact) mass is 383 g/mol. The second-order valence-electron chi connectivity index (χ2n) is 7.70. The molecule has 3 aromatic rings. The number of hydrogen-bond acceptors (Lipinski definition) is 5. The molecule has 1 aliphatic heterocycles. The van der Waals surface area contributed by atoms with Crippen molar-refractivity contribution in [1.82, 2.24) is 34.3 Å². The SMILES string of the molecule is CC(C)CCn1nc2n(c1=O)CCC(NC(=O)c1cnn3cccnc13)CC2. The minimum atomic E-state index is -0.187. The fourth-order valence-corrected chi connectivity index (χ4v) is 3.55. The quantitative estimate of drug-likeness (QED) is 0.715. The van der Waals surface area contributed by atoms with Crippen molar-refractivity contribution in [1.29, 1.82) is 0 Å². The molecule has 1 aliphatic rings. The fraction of sp³-hybridized carbons (Fsp3) is 0.526. The Hall–Kier alpha value is -2.97. The second-order valence-corrected chi connectivity index (χ2v) is 7.70. The molecule has 0 saturated heterocycles. The average Bonchev–Trinajstić information content (AvgIpc) is 3.17. The highest BCUT2D eigenvalue weighted by atomic mass is 16.2. The van der Waals surface area contributed by atoms with Gasteiger partial charge in [0.25, 0.3) is 5.91 Å². The van der Waals surface area contributed by atoms with Crippen LogP contribution in [0.15, 0.2) is 29.5 Å². The van der Waals surface area contributed by atoms with Gasteiger partial charge in [0.2, 0.25) is 0 Å². The smallest absolute Gasteiger partial charge is 0.345 e. The highest BCUT2D eigenvalue weighted by Crippen LogP contribution is 2.14. The summed E-state index contributed by atoms with van der Waals surface area (Å²) in [6.07, 6.45) is 7.98. The maximum absolute atomic E-state index is 12.7. The van der Waals surface area contributed by atoms with Crippen molar-refractivity contribution in [2.45, 2.75) is 58.7 Å². The number of hydrogen-bond donors (Lipinski definition) is 1. The van der Waals surface area contributed by atoms with Crippen LogP contribution in [0.25, 0.3) is 5.65 Å². The minimum absolute atomic E-state index is 0.0172. The van der Waals surface area contributed by atoms with Gasteiger partial charge in [0.05, 0.1) is 6.20 Å². The van der Waals surface area contributed by atoms with Gasteiger partial charge in [0, 0.05) is 37.9 Å². The van der Waals surface area contributed by atoms with Gasteiger partial charge in [-0.05, 0) is 31.2 Å². The van der Waals surface area contributed by atoms with Crippen LogP contribution in [0.1, 0.15) is 49.3 Å². The van der Waals surface area contributed by atoms with Crippen LogP contribution < -0.4 is 11.0 Å². The fourth-order valence-electron chi connectivity index (χ4n) is 3.55. The molecule has 4 rings (SSSR count). The van der Waals surface area contributed by atoms with E-state index in [2.05, 4.69) is 34.3 Å². The highest BCUT2D eigenvalue weighted by Gasteiger charge is 2.23. The second kappa shape index (κ2) is 7.57. The number of nitrogens with zero attached hydrogens (tertiary/aromatic N) is 6. The Kier molecular flexibility index (Phi) is 4.97. The van der Waals surface area contributed by atoms with E-state index < -0.39 is 0 Å². The van der Waals surface area contributed by atoms with Crippen molar-refractivity contribution >= 4 is 11.6 Å². The lowest BCUT2D eigenvalue weighted by atomic mass is 10.1. The summed E-state index contributed by atoms with van der Waals surface area (Å²) in [7, 11) is 0. The van der Waals surface area contributed by atoms with Gasteiger partial charge in [-0.15, -0.1) is 0 Å². The van der Waals surface area contributed by atoms with Gasteiger partial charge in [-0.1, -0.05) is 13.8 Å². The van der Waals surface area contributed by atoms with E-state index >= 15 is 0 Å². The molecular formula is C19H25N7O2. The summed E-state index contributed by atoms with van der Waals surface area (Å²) in [5, 5.41) is 11.7. The Balaban J connectivity index is 1.43. The predicted octanol–water partition coefficient (Wildman–Crippen LogP) is 1.27. The lowest BCUT2D eigenvalue weighted by molar-refractivity contribution is 0.0934. The maximum Gasteiger partial charge on any atom is 0.345 e. The molecule has 0 bridgehead atoms. The van der Waals surface area contributed by atoms with E-state index in [1.807, 2.05) is 0 Å². The molecule has 0 aromatic carbocycles. The van der Waals surface area contributed by atoms with E-state index in [1.165, 1.54) is 6.20 Å². The molecule has 0 spiro atoms. The first-order valence-electron chi connectivity index (χ1n) is 9.78. The molecule has 1 unspecified atom stereocenters. The highest BCUT2D eigenvalue weighted by molar-refractivity contribution is 5.99. The molecule has 9 nitrogen and oxygen atoms in total. The minimum Gasteiger partial charge on any atom is -0.349 e. The summed E-state index contributed by atoms with van der Waals surface area (Å²) in [4.78, 5) is 29.5. The number of rotatable bonds is 5. The normalized spacial score (nSPS) is 16.9. The first-order valence-corrected chi connectivity index (χ1v) is 9.78. The Morgan fingerprint density at radius 3 is 3.04 bits per heavy atom. The van der Waals surface area contributed by atoms with Gasteiger partial charge in [0.15, 0.2) is 5.65 Å². The van der Waals surface area contributed by atoms with E-state index in [-0.39, 0.29) is 17.6 Å². The molecule has 9 heteroatoms. The number of carbonyl (C=O) groups excluding carboxylic acids is 1. The molecule has 0 radical (unpaired) electrons. The summed E-state index contributed by atoms with van der Waals surface area (Å²) in [6, 6.07) is 1.75. The Labute approximate surface area is 162 Å². The third-order valence-corrected chi connectivity index (χ3v) is 5.19. The van der Waals surface area contributed by atoms with Crippen LogP contribution in [0.2, 0.25) is 0 Å². The van der Waals surface area contributed by atoms with E-state index in [1.54, 1.807) is 32.2 Å². The number of aromatic nitrogens is 6. The van der Waals surface area contributed by atoms with Gasteiger partial charge in [-0.2, -0.15) is 10.2 Å². The molecule has 0 fully saturated rings. The van der Waals surface area contributed by atoms with E-state index in [4.69, 9.17) is 0 Å². The van der Waals surface area contributed by atoms with Crippen LogP contribution in [0, 0.1) is 5.92 Å². The summed E-state index contributed by atoms with van der Waals surface area (Å²) >= 11 is 0. The van der Waals surface area contributed by atoms with Crippen molar-refractivity contribution in [2.24, 2.45) is 5.92 Å². The van der Waals surface area contributed by atoms with E-state index in [9.17, 15) is 9.59 Å². The average molecular weight is 383 g/mol. The lowest BCUT2D eigenvalue weighted by Crippen LogP contribution is -2.35. The summed E-state index contributed by atoms with van der Waals surface area (Å²) < 4.78 is 4.92. The van der Waals surface area contributed by atoms with Crippen LogP contribution in [-0.2, 0) is 19.5 Å². The van der Waals surface area contributed by atoms with Crippen LogP contribution in [0.3, 0.4) is 0 Å². The largest absolute Gasteiger partial charge is 0.349 e. The summed E-state index contributed by atoms with van der Waals surface area (Å²) in [5.41, 5.74) is 0.947. The van der Waals surface area contributed by atoms with Crippen molar-refractivity contribution in [3.05, 3.63) is 46.5 Å². The van der Waals surface area contributed by atoms with Crippen LogP contribution in [0.5, 0.6) is 0 Å².